The Morgan fingerprint density at radius 3 is 2.29 bits per heavy atom. The van der Waals surface area contributed by atoms with E-state index in [0.29, 0.717) is 43.4 Å². The van der Waals surface area contributed by atoms with Gasteiger partial charge in [-0.15, -0.1) is 0 Å². The number of piperidine rings is 1. The molecule has 0 unspecified atom stereocenters. The quantitative estimate of drug-likeness (QED) is 0.751. The molecule has 31 heavy (non-hydrogen) atoms. The van der Waals surface area contributed by atoms with Crippen molar-refractivity contribution in [2.24, 2.45) is 0 Å². The van der Waals surface area contributed by atoms with Crippen LogP contribution in [0.3, 0.4) is 0 Å². The zero-order valence-corrected chi connectivity index (χ0v) is 18.0. The summed E-state index contributed by atoms with van der Waals surface area (Å²) < 4.78 is 11.4. The Morgan fingerprint density at radius 1 is 0.871 bits per heavy atom. The summed E-state index contributed by atoms with van der Waals surface area (Å²) in [6, 6.07) is 7.62. The van der Waals surface area contributed by atoms with Crippen LogP contribution in [0.5, 0.6) is 11.5 Å². The minimum absolute atomic E-state index is 0.00475. The Balaban J connectivity index is 1.28. The lowest BCUT2D eigenvalue weighted by Gasteiger charge is -2.36. The number of hydrogen-bond acceptors (Lipinski definition) is 7. The molecular formula is C23H29N5O3. The number of aryl methyl sites for hydroxylation is 1. The SMILES string of the molecule is Cc1nc(N2CCCCC2)cc(N2CCN(C(=O)c3cccc4c3OCCO4)CC2)n1. The molecule has 1 aromatic heterocycles. The number of amides is 1. The second kappa shape index (κ2) is 8.61. The topological polar surface area (TPSA) is 71.0 Å². The van der Waals surface area contributed by atoms with Crippen molar-refractivity contribution >= 4 is 17.5 Å². The normalized spacial score (nSPS) is 18.8. The van der Waals surface area contributed by atoms with Crippen LogP contribution in [0.4, 0.5) is 11.6 Å². The summed E-state index contributed by atoms with van der Waals surface area (Å²) in [5.41, 5.74) is 0.580. The van der Waals surface area contributed by atoms with Gasteiger partial charge in [0, 0.05) is 45.3 Å². The zero-order chi connectivity index (χ0) is 21.2. The maximum Gasteiger partial charge on any atom is 0.257 e. The van der Waals surface area contributed by atoms with E-state index in [1.807, 2.05) is 30.0 Å². The highest BCUT2D eigenvalue weighted by Gasteiger charge is 2.28. The second-order valence-electron chi connectivity index (χ2n) is 8.29. The number of piperazine rings is 1. The van der Waals surface area contributed by atoms with Crippen LogP contribution in [0.25, 0.3) is 0 Å². The molecule has 0 bridgehead atoms. The lowest BCUT2D eigenvalue weighted by molar-refractivity contribution is 0.0736. The molecule has 1 aromatic carbocycles. The molecule has 0 radical (unpaired) electrons. The van der Waals surface area contributed by atoms with Crippen LogP contribution in [-0.2, 0) is 0 Å². The molecule has 0 atom stereocenters. The lowest BCUT2D eigenvalue weighted by Crippen LogP contribution is -2.49. The average Bonchev–Trinajstić information content (AvgIpc) is 2.83. The van der Waals surface area contributed by atoms with Crippen LogP contribution < -0.4 is 19.3 Å². The van der Waals surface area contributed by atoms with Crippen molar-refractivity contribution in [3.05, 3.63) is 35.7 Å². The Hall–Kier alpha value is -3.03. The van der Waals surface area contributed by atoms with Crippen LogP contribution in [0, 0.1) is 6.92 Å². The molecule has 8 nitrogen and oxygen atoms in total. The van der Waals surface area contributed by atoms with E-state index < -0.39 is 0 Å². The van der Waals surface area contributed by atoms with Crippen molar-refractivity contribution < 1.29 is 14.3 Å². The van der Waals surface area contributed by atoms with Crippen molar-refractivity contribution in [1.82, 2.24) is 14.9 Å². The number of hydrogen-bond donors (Lipinski definition) is 0. The second-order valence-corrected chi connectivity index (χ2v) is 8.29. The van der Waals surface area contributed by atoms with E-state index in [4.69, 9.17) is 9.47 Å². The van der Waals surface area contributed by atoms with E-state index in [0.717, 1.165) is 43.6 Å². The summed E-state index contributed by atoms with van der Waals surface area (Å²) in [6.45, 7) is 7.84. The number of ether oxygens (including phenoxy) is 2. The fourth-order valence-electron chi connectivity index (χ4n) is 4.53. The van der Waals surface area contributed by atoms with E-state index in [1.54, 1.807) is 0 Å². The monoisotopic (exact) mass is 423 g/mol. The number of nitrogens with zero attached hydrogens (tertiary/aromatic N) is 5. The molecule has 0 aliphatic carbocycles. The van der Waals surface area contributed by atoms with E-state index >= 15 is 0 Å². The molecule has 5 rings (SSSR count). The van der Waals surface area contributed by atoms with E-state index in [2.05, 4.69) is 25.8 Å². The van der Waals surface area contributed by atoms with E-state index in [1.165, 1.54) is 19.3 Å². The van der Waals surface area contributed by atoms with Crippen molar-refractivity contribution in [3.8, 4) is 11.5 Å². The van der Waals surface area contributed by atoms with Gasteiger partial charge in [0.1, 0.15) is 30.7 Å². The smallest absolute Gasteiger partial charge is 0.257 e. The van der Waals surface area contributed by atoms with Crippen molar-refractivity contribution in [3.63, 3.8) is 0 Å². The molecule has 164 valence electrons. The Bertz CT molecular complexity index is 952. The maximum absolute atomic E-state index is 13.2. The lowest BCUT2D eigenvalue weighted by atomic mass is 10.1. The fourth-order valence-corrected chi connectivity index (χ4v) is 4.53. The predicted molar refractivity (Wildman–Crippen MR) is 118 cm³/mol. The fraction of sp³-hybridized carbons (Fsp3) is 0.522. The highest BCUT2D eigenvalue weighted by molar-refractivity contribution is 5.98. The number of rotatable bonds is 3. The molecule has 4 heterocycles. The third-order valence-electron chi connectivity index (χ3n) is 6.18. The predicted octanol–water partition coefficient (Wildman–Crippen LogP) is 2.51. The molecule has 1 amide bonds. The first kappa shape index (κ1) is 19.9. The molecule has 3 aliphatic rings. The minimum Gasteiger partial charge on any atom is -0.486 e. The van der Waals surface area contributed by atoms with Gasteiger partial charge >= 0.3 is 0 Å². The molecule has 0 spiro atoms. The molecule has 0 N–H and O–H groups in total. The molecular weight excluding hydrogens is 394 g/mol. The summed E-state index contributed by atoms with van der Waals surface area (Å²) in [5, 5.41) is 0. The number of para-hydroxylation sites is 1. The molecule has 2 aromatic rings. The molecule has 0 saturated carbocycles. The van der Waals surface area contributed by atoms with Gasteiger partial charge in [-0.2, -0.15) is 0 Å². The Morgan fingerprint density at radius 2 is 1.55 bits per heavy atom. The largest absolute Gasteiger partial charge is 0.486 e. The van der Waals surface area contributed by atoms with Gasteiger partial charge < -0.3 is 24.2 Å². The van der Waals surface area contributed by atoms with Gasteiger partial charge in [-0.25, -0.2) is 9.97 Å². The van der Waals surface area contributed by atoms with Gasteiger partial charge in [-0.1, -0.05) is 6.07 Å². The number of benzene rings is 1. The molecule has 2 saturated heterocycles. The van der Waals surface area contributed by atoms with Crippen molar-refractivity contribution in [2.45, 2.75) is 26.2 Å². The third-order valence-corrected chi connectivity index (χ3v) is 6.18. The summed E-state index contributed by atoms with van der Waals surface area (Å²) >= 11 is 0. The molecule has 8 heteroatoms. The van der Waals surface area contributed by atoms with Crippen molar-refractivity contribution in [1.29, 1.82) is 0 Å². The number of anilines is 2. The van der Waals surface area contributed by atoms with Crippen molar-refractivity contribution in [2.75, 3.05) is 62.3 Å². The summed E-state index contributed by atoms with van der Waals surface area (Å²) in [4.78, 5) is 29.0. The van der Waals surface area contributed by atoms with Crippen LogP contribution in [0.15, 0.2) is 24.3 Å². The summed E-state index contributed by atoms with van der Waals surface area (Å²) in [7, 11) is 0. The van der Waals surface area contributed by atoms with Crippen LogP contribution >= 0.6 is 0 Å². The summed E-state index contributed by atoms with van der Waals surface area (Å²) in [6.07, 6.45) is 3.74. The number of carbonyl (C=O) groups excluding carboxylic acids is 1. The maximum atomic E-state index is 13.2. The summed E-state index contributed by atoms with van der Waals surface area (Å²) in [5.74, 6) is 3.98. The number of aromatic nitrogens is 2. The van der Waals surface area contributed by atoms with Gasteiger partial charge in [-0.05, 0) is 38.3 Å². The Kier molecular flexibility index (Phi) is 5.53. The zero-order valence-electron chi connectivity index (χ0n) is 18.0. The van der Waals surface area contributed by atoms with Gasteiger partial charge in [0.05, 0.1) is 5.56 Å². The van der Waals surface area contributed by atoms with Gasteiger partial charge in [0.25, 0.3) is 5.91 Å². The third kappa shape index (κ3) is 4.11. The highest BCUT2D eigenvalue weighted by atomic mass is 16.6. The molecule has 3 aliphatic heterocycles. The van der Waals surface area contributed by atoms with Crippen LogP contribution in [0.1, 0.15) is 35.4 Å². The van der Waals surface area contributed by atoms with Crippen LogP contribution in [0.2, 0.25) is 0 Å². The van der Waals surface area contributed by atoms with E-state index in [-0.39, 0.29) is 5.91 Å². The van der Waals surface area contributed by atoms with Crippen LogP contribution in [-0.4, -0.2) is 73.3 Å². The standard InChI is InChI=1S/C23H29N5O3/c1-17-24-20(26-8-3-2-4-9-26)16-21(25-17)27-10-12-28(13-11-27)23(29)18-6-5-7-19-22(18)31-15-14-30-19/h5-7,16H,2-4,8-15H2,1H3. The first-order valence-corrected chi connectivity index (χ1v) is 11.2. The average molecular weight is 424 g/mol. The minimum atomic E-state index is -0.00475. The first-order chi connectivity index (χ1) is 15.2. The number of carbonyl (C=O) groups is 1. The van der Waals surface area contributed by atoms with E-state index in [9.17, 15) is 4.79 Å². The highest BCUT2D eigenvalue weighted by Crippen LogP contribution is 2.34. The van der Waals surface area contributed by atoms with Gasteiger partial charge in [0.15, 0.2) is 11.5 Å². The Labute approximate surface area is 182 Å². The number of fused-ring (bicyclic) bond motifs is 1. The first-order valence-electron chi connectivity index (χ1n) is 11.2. The molecule has 2 fully saturated rings. The van der Waals surface area contributed by atoms with Gasteiger partial charge in [0.2, 0.25) is 0 Å². The van der Waals surface area contributed by atoms with Gasteiger partial charge in [-0.3, -0.25) is 4.79 Å².